The lowest BCUT2D eigenvalue weighted by Crippen LogP contribution is -2.44. The third-order valence-corrected chi connectivity index (χ3v) is 6.71. The van der Waals surface area contributed by atoms with E-state index < -0.39 is 11.2 Å². The minimum absolute atomic E-state index is 0.0100. The maximum absolute atomic E-state index is 13.4. The van der Waals surface area contributed by atoms with Crippen LogP contribution in [0.2, 0.25) is 0 Å². The van der Waals surface area contributed by atoms with E-state index in [9.17, 15) is 14.4 Å². The van der Waals surface area contributed by atoms with Crippen LogP contribution in [0.25, 0.3) is 0 Å². The Morgan fingerprint density at radius 1 is 1.23 bits per heavy atom. The van der Waals surface area contributed by atoms with Gasteiger partial charge in [-0.05, 0) is 37.5 Å². The van der Waals surface area contributed by atoms with Crippen LogP contribution in [0.5, 0.6) is 0 Å². The summed E-state index contributed by atoms with van der Waals surface area (Å²) in [4.78, 5) is 43.4. The Balaban J connectivity index is 1.68. The van der Waals surface area contributed by atoms with Gasteiger partial charge in [0, 0.05) is 11.4 Å². The first-order valence-corrected chi connectivity index (χ1v) is 11.0. The molecule has 1 aliphatic heterocycles. The van der Waals surface area contributed by atoms with Gasteiger partial charge in [0.05, 0.1) is 11.8 Å². The molecule has 160 valence electrons. The molecule has 3 N–H and O–H groups in total. The van der Waals surface area contributed by atoms with Gasteiger partial charge < -0.3 is 10.6 Å². The van der Waals surface area contributed by atoms with Crippen molar-refractivity contribution >= 4 is 29.2 Å². The van der Waals surface area contributed by atoms with Crippen molar-refractivity contribution in [3.63, 3.8) is 0 Å². The molecule has 0 saturated carbocycles. The van der Waals surface area contributed by atoms with E-state index >= 15 is 0 Å². The van der Waals surface area contributed by atoms with Gasteiger partial charge in [0.25, 0.3) is 5.56 Å². The van der Waals surface area contributed by atoms with Gasteiger partial charge in [-0.3, -0.25) is 19.1 Å². The van der Waals surface area contributed by atoms with Crippen LogP contribution in [0.15, 0.2) is 63.0 Å². The number of hydrogen-bond donors (Lipinski definition) is 2. The highest BCUT2D eigenvalue weighted by Gasteiger charge is 2.34. The van der Waals surface area contributed by atoms with Crippen molar-refractivity contribution in [3.05, 3.63) is 86.1 Å². The van der Waals surface area contributed by atoms with Gasteiger partial charge >= 0.3 is 5.69 Å². The molecule has 4 rings (SSSR count). The fourth-order valence-electron chi connectivity index (χ4n) is 3.83. The Hall–Kier alpha value is -3.26. The molecule has 31 heavy (non-hydrogen) atoms. The van der Waals surface area contributed by atoms with E-state index in [1.54, 1.807) is 6.92 Å². The monoisotopic (exact) mass is 436 g/mol. The summed E-state index contributed by atoms with van der Waals surface area (Å²) in [6, 6.07) is 15.5. The van der Waals surface area contributed by atoms with E-state index in [1.807, 2.05) is 49.4 Å². The molecular formula is C23H24N4O3S. The van der Waals surface area contributed by atoms with Gasteiger partial charge in [0.15, 0.2) is 5.69 Å². The van der Waals surface area contributed by atoms with Gasteiger partial charge in [0.1, 0.15) is 5.82 Å². The zero-order valence-electron chi connectivity index (χ0n) is 17.4. The number of nitrogens with two attached hydrogens (primary N) is 1. The molecule has 3 aromatic rings. The lowest BCUT2D eigenvalue weighted by atomic mass is 10.1. The third-order valence-electron chi connectivity index (χ3n) is 5.42. The van der Waals surface area contributed by atoms with Gasteiger partial charge in [-0.25, -0.2) is 4.79 Å². The number of benzene rings is 2. The normalized spacial score (nSPS) is 15.0. The summed E-state index contributed by atoms with van der Waals surface area (Å²) in [5.74, 6) is -0.201. The Bertz CT molecular complexity index is 1250. The first-order chi connectivity index (χ1) is 14.9. The van der Waals surface area contributed by atoms with E-state index in [2.05, 4.69) is 11.1 Å². The number of nitrogen functional groups attached to an aromatic ring is 1. The summed E-state index contributed by atoms with van der Waals surface area (Å²) in [5, 5.41) is -0.343. The molecule has 0 bridgehead atoms. The quantitative estimate of drug-likeness (QED) is 0.640. The minimum atomic E-state index is -0.654. The van der Waals surface area contributed by atoms with Crippen LogP contribution in [-0.2, 0) is 17.8 Å². The molecular weight excluding hydrogens is 412 g/mol. The first-order valence-electron chi connectivity index (χ1n) is 10.1. The number of aryl methyl sites for hydroxylation is 1. The van der Waals surface area contributed by atoms with Crippen molar-refractivity contribution in [2.24, 2.45) is 0 Å². The van der Waals surface area contributed by atoms with E-state index in [0.717, 1.165) is 21.6 Å². The molecule has 1 aliphatic rings. The van der Waals surface area contributed by atoms with Crippen LogP contribution in [0, 0.1) is 6.92 Å². The van der Waals surface area contributed by atoms with Crippen molar-refractivity contribution in [1.82, 2.24) is 9.55 Å². The largest absolute Gasteiger partial charge is 0.383 e. The van der Waals surface area contributed by atoms with E-state index in [1.165, 1.54) is 21.2 Å². The lowest BCUT2D eigenvalue weighted by Gasteiger charge is -2.25. The second-order valence-electron chi connectivity index (χ2n) is 7.57. The zero-order chi connectivity index (χ0) is 22.1. The van der Waals surface area contributed by atoms with Crippen LogP contribution >= 0.6 is 11.8 Å². The highest BCUT2D eigenvalue weighted by Crippen LogP contribution is 2.39. The highest BCUT2D eigenvalue weighted by molar-refractivity contribution is 8.01. The molecule has 1 aromatic heterocycles. The number of nitrogens with one attached hydrogen (secondary N) is 1. The summed E-state index contributed by atoms with van der Waals surface area (Å²) in [7, 11) is 0. The number of fused-ring (bicyclic) bond motifs is 1. The molecule has 0 aliphatic carbocycles. The third kappa shape index (κ3) is 4.03. The molecule has 2 heterocycles. The number of amides is 1. The second-order valence-corrected chi connectivity index (χ2v) is 8.81. The van der Waals surface area contributed by atoms with Gasteiger partial charge in [-0.1, -0.05) is 48.0 Å². The number of anilines is 2. The van der Waals surface area contributed by atoms with Crippen molar-refractivity contribution in [1.29, 1.82) is 0 Å². The topological polar surface area (TPSA) is 101 Å². The molecule has 8 heteroatoms. The van der Waals surface area contributed by atoms with Crippen molar-refractivity contribution in [2.75, 3.05) is 17.2 Å². The van der Waals surface area contributed by atoms with Crippen molar-refractivity contribution in [2.45, 2.75) is 37.0 Å². The molecule has 7 nitrogen and oxygen atoms in total. The number of aromatic nitrogens is 2. The van der Waals surface area contributed by atoms with E-state index in [-0.39, 0.29) is 35.8 Å². The molecule has 1 amide bonds. The molecule has 0 saturated heterocycles. The highest BCUT2D eigenvalue weighted by atomic mass is 32.2. The number of nitrogens with zero attached hydrogens (tertiary/aromatic N) is 2. The number of aromatic amines is 1. The molecule has 0 spiro atoms. The smallest absolute Gasteiger partial charge is 0.330 e. The second kappa shape index (κ2) is 8.47. The average molecular weight is 437 g/mol. The number of thioether (sulfide) groups is 1. The standard InChI is InChI=1S/C23H24N4O3S/c1-3-26(22(29)18-12-16-10-9-14(2)11-17(16)31-18)19-20(24)27(23(30)25-21(19)28)13-15-7-5-4-6-8-15/h4-11,18H,3,12-13,24H2,1-2H3,(H,25,28,30). The predicted octanol–water partition coefficient (Wildman–Crippen LogP) is 2.55. The minimum Gasteiger partial charge on any atom is -0.383 e. The van der Waals surface area contributed by atoms with Crippen LogP contribution in [0.1, 0.15) is 23.6 Å². The SMILES string of the molecule is CCN(C(=O)C1Cc2ccc(C)cc2S1)c1c(N)n(Cc2ccccc2)c(=O)[nH]c1=O. The van der Waals surface area contributed by atoms with Crippen LogP contribution in [-0.4, -0.2) is 27.3 Å². The molecule has 1 atom stereocenters. The van der Waals surface area contributed by atoms with Crippen molar-refractivity contribution < 1.29 is 4.79 Å². The van der Waals surface area contributed by atoms with Gasteiger partial charge in [-0.15, -0.1) is 11.8 Å². The molecule has 2 aromatic carbocycles. The van der Waals surface area contributed by atoms with E-state index in [4.69, 9.17) is 5.73 Å². The van der Waals surface area contributed by atoms with Crippen LogP contribution in [0.4, 0.5) is 11.5 Å². The number of H-pyrrole nitrogens is 1. The summed E-state index contributed by atoms with van der Waals surface area (Å²) in [6.07, 6.45) is 0.594. The predicted molar refractivity (Wildman–Crippen MR) is 124 cm³/mol. The Morgan fingerprint density at radius 3 is 2.68 bits per heavy atom. The number of hydrogen-bond acceptors (Lipinski definition) is 5. The summed E-state index contributed by atoms with van der Waals surface area (Å²) in [5.41, 5.74) is 8.19. The maximum atomic E-state index is 13.4. The Morgan fingerprint density at radius 2 is 1.97 bits per heavy atom. The van der Waals surface area contributed by atoms with E-state index in [0.29, 0.717) is 6.42 Å². The molecule has 0 radical (unpaired) electrons. The van der Waals surface area contributed by atoms with Crippen LogP contribution < -0.4 is 21.9 Å². The molecule has 1 unspecified atom stereocenters. The fraction of sp³-hybridized carbons (Fsp3) is 0.261. The zero-order valence-corrected chi connectivity index (χ0v) is 18.2. The van der Waals surface area contributed by atoms with Gasteiger partial charge in [-0.2, -0.15) is 0 Å². The summed E-state index contributed by atoms with van der Waals surface area (Å²) in [6.45, 7) is 4.27. The molecule has 0 fully saturated rings. The number of carbonyl (C=O) groups is 1. The lowest BCUT2D eigenvalue weighted by molar-refractivity contribution is -0.118. The van der Waals surface area contributed by atoms with Crippen LogP contribution in [0.3, 0.4) is 0 Å². The van der Waals surface area contributed by atoms with Crippen molar-refractivity contribution in [3.8, 4) is 0 Å². The Labute approximate surface area is 183 Å². The Kier molecular flexibility index (Phi) is 5.73. The fourth-order valence-corrected chi connectivity index (χ4v) is 5.19. The summed E-state index contributed by atoms with van der Waals surface area (Å²) >= 11 is 1.51. The first kappa shape index (κ1) is 21.0. The average Bonchev–Trinajstić information content (AvgIpc) is 3.17. The number of rotatable bonds is 5. The van der Waals surface area contributed by atoms with Gasteiger partial charge in [0.2, 0.25) is 5.91 Å². The summed E-state index contributed by atoms with van der Waals surface area (Å²) < 4.78 is 1.29. The number of carbonyl (C=O) groups excluding carboxylic acids is 1. The maximum Gasteiger partial charge on any atom is 0.330 e.